The first-order valence-corrected chi connectivity index (χ1v) is 10.1. The zero-order valence-electron chi connectivity index (χ0n) is 15.6. The summed E-state index contributed by atoms with van der Waals surface area (Å²) < 4.78 is 8.27. The van der Waals surface area contributed by atoms with E-state index in [1.165, 1.54) is 0 Å². The zero-order valence-corrected chi connectivity index (χ0v) is 17.2. The molecule has 8 heteroatoms. The Kier molecular flexibility index (Phi) is 6.36. The lowest BCUT2D eigenvalue weighted by Crippen LogP contribution is -2.43. The van der Waals surface area contributed by atoms with Crippen LogP contribution in [0.5, 0.6) is 0 Å². The highest BCUT2D eigenvalue weighted by atomic mass is 79.9. The minimum atomic E-state index is -0.238. The molecular weight excluding hydrogens is 412 g/mol. The van der Waals surface area contributed by atoms with Crippen molar-refractivity contribution in [3.05, 3.63) is 40.5 Å². The Morgan fingerprint density at radius 1 is 1.37 bits per heavy atom. The first kappa shape index (κ1) is 19.7. The molecule has 1 fully saturated rings. The minimum absolute atomic E-state index is 0.00946. The van der Waals surface area contributed by atoms with Gasteiger partial charge in [-0.1, -0.05) is 6.42 Å². The van der Waals surface area contributed by atoms with Crippen molar-refractivity contribution in [3.8, 4) is 0 Å². The fourth-order valence-electron chi connectivity index (χ4n) is 3.39. The fraction of sp³-hybridized carbons (Fsp3) is 0.526. The largest absolute Gasteiger partial charge is 0.454 e. The Morgan fingerprint density at radius 2 is 2.19 bits per heavy atom. The summed E-state index contributed by atoms with van der Waals surface area (Å²) in [6, 6.07) is 3.58. The van der Waals surface area contributed by atoms with Crippen LogP contribution in [0, 0.1) is 5.92 Å². The van der Waals surface area contributed by atoms with Crippen molar-refractivity contribution in [2.45, 2.75) is 58.2 Å². The van der Waals surface area contributed by atoms with E-state index in [9.17, 15) is 9.59 Å². The first-order valence-electron chi connectivity index (χ1n) is 9.28. The summed E-state index contributed by atoms with van der Waals surface area (Å²) in [4.78, 5) is 24.7. The molecule has 2 unspecified atom stereocenters. The standard InChI is InChI=1S/C19H25BrN4O3/c1-12(2)22-18(25)13-4-3-5-15(8-13)23-19(26)17-7-6-16(27-17)11-24-10-14(20)9-21-24/h6-7,9-10,12-13,15H,3-5,8,11H2,1-2H3,(H,22,25)(H,23,26). The van der Waals surface area contributed by atoms with Gasteiger partial charge in [-0.3, -0.25) is 14.3 Å². The second kappa shape index (κ2) is 8.73. The van der Waals surface area contributed by atoms with E-state index in [4.69, 9.17) is 4.42 Å². The smallest absolute Gasteiger partial charge is 0.287 e. The van der Waals surface area contributed by atoms with Gasteiger partial charge in [0, 0.05) is 24.2 Å². The molecule has 7 nitrogen and oxygen atoms in total. The highest BCUT2D eigenvalue weighted by molar-refractivity contribution is 9.10. The molecule has 0 radical (unpaired) electrons. The molecule has 27 heavy (non-hydrogen) atoms. The van der Waals surface area contributed by atoms with E-state index >= 15 is 0 Å². The van der Waals surface area contributed by atoms with Crippen LogP contribution in [0.1, 0.15) is 55.8 Å². The summed E-state index contributed by atoms with van der Waals surface area (Å²) in [5.74, 6) is 0.739. The number of carbonyl (C=O) groups excluding carboxylic acids is 2. The maximum atomic E-state index is 12.5. The summed E-state index contributed by atoms with van der Waals surface area (Å²) in [7, 11) is 0. The molecule has 2 aromatic rings. The Labute approximate surface area is 167 Å². The topological polar surface area (TPSA) is 89.2 Å². The molecule has 1 aliphatic carbocycles. The number of hydrogen-bond acceptors (Lipinski definition) is 4. The summed E-state index contributed by atoms with van der Waals surface area (Å²) in [5.41, 5.74) is 0. The molecule has 0 saturated heterocycles. The molecule has 2 heterocycles. The molecule has 0 aliphatic heterocycles. The predicted octanol–water partition coefficient (Wildman–Crippen LogP) is 3.10. The summed E-state index contributed by atoms with van der Waals surface area (Å²) in [6.07, 6.45) is 6.89. The first-order chi connectivity index (χ1) is 12.9. The van der Waals surface area contributed by atoms with Crippen LogP contribution in [0.4, 0.5) is 0 Å². The number of hydrogen-bond donors (Lipinski definition) is 2. The van der Waals surface area contributed by atoms with E-state index in [2.05, 4.69) is 31.7 Å². The van der Waals surface area contributed by atoms with Crippen LogP contribution < -0.4 is 10.6 Å². The van der Waals surface area contributed by atoms with Gasteiger partial charge in [0.15, 0.2) is 5.76 Å². The third-order valence-electron chi connectivity index (χ3n) is 4.62. The van der Waals surface area contributed by atoms with E-state index in [1.54, 1.807) is 23.0 Å². The molecule has 146 valence electrons. The van der Waals surface area contributed by atoms with Gasteiger partial charge in [-0.25, -0.2) is 0 Å². The van der Waals surface area contributed by atoms with Gasteiger partial charge in [-0.2, -0.15) is 5.10 Å². The highest BCUT2D eigenvalue weighted by Crippen LogP contribution is 2.25. The third kappa shape index (κ3) is 5.45. The van der Waals surface area contributed by atoms with Crippen LogP contribution in [0.15, 0.2) is 33.4 Å². The third-order valence-corrected chi connectivity index (χ3v) is 5.03. The fourth-order valence-corrected chi connectivity index (χ4v) is 3.72. The van der Waals surface area contributed by atoms with E-state index in [0.717, 1.165) is 23.7 Å². The van der Waals surface area contributed by atoms with E-state index in [0.29, 0.717) is 18.7 Å². The van der Waals surface area contributed by atoms with Gasteiger partial charge in [-0.05, 0) is 61.2 Å². The van der Waals surface area contributed by atoms with Crippen LogP contribution >= 0.6 is 15.9 Å². The van der Waals surface area contributed by atoms with Crippen molar-refractivity contribution in [2.24, 2.45) is 5.92 Å². The van der Waals surface area contributed by atoms with Crippen LogP contribution in [-0.2, 0) is 11.3 Å². The maximum Gasteiger partial charge on any atom is 0.287 e. The Balaban J connectivity index is 1.54. The quantitative estimate of drug-likeness (QED) is 0.727. The predicted molar refractivity (Wildman–Crippen MR) is 104 cm³/mol. The molecule has 2 aromatic heterocycles. The molecular formula is C19H25BrN4O3. The van der Waals surface area contributed by atoms with Crippen molar-refractivity contribution < 1.29 is 14.0 Å². The maximum absolute atomic E-state index is 12.5. The average Bonchev–Trinajstić information content (AvgIpc) is 3.24. The number of amides is 2. The lowest BCUT2D eigenvalue weighted by molar-refractivity contribution is -0.126. The number of aromatic nitrogens is 2. The van der Waals surface area contributed by atoms with Crippen LogP contribution in [0.25, 0.3) is 0 Å². The zero-order chi connectivity index (χ0) is 19.4. The molecule has 3 rings (SSSR count). The minimum Gasteiger partial charge on any atom is -0.454 e. The van der Waals surface area contributed by atoms with Crippen molar-refractivity contribution >= 4 is 27.7 Å². The number of nitrogens with zero attached hydrogens (tertiary/aromatic N) is 2. The van der Waals surface area contributed by atoms with E-state index < -0.39 is 0 Å². The van der Waals surface area contributed by atoms with Crippen molar-refractivity contribution in [2.75, 3.05) is 0 Å². The van der Waals surface area contributed by atoms with Crippen molar-refractivity contribution in [1.29, 1.82) is 0 Å². The molecule has 1 aliphatic rings. The van der Waals surface area contributed by atoms with Crippen LogP contribution in [0.2, 0.25) is 0 Å². The molecule has 0 spiro atoms. The van der Waals surface area contributed by atoms with Gasteiger partial charge >= 0.3 is 0 Å². The Morgan fingerprint density at radius 3 is 2.89 bits per heavy atom. The van der Waals surface area contributed by atoms with Crippen molar-refractivity contribution in [3.63, 3.8) is 0 Å². The molecule has 2 amide bonds. The van der Waals surface area contributed by atoms with E-state index in [-0.39, 0.29) is 35.6 Å². The number of carbonyl (C=O) groups is 2. The summed E-state index contributed by atoms with van der Waals surface area (Å²) in [5, 5.41) is 10.2. The van der Waals surface area contributed by atoms with Gasteiger partial charge < -0.3 is 15.1 Å². The SMILES string of the molecule is CC(C)NC(=O)C1CCCC(NC(=O)c2ccc(Cn3cc(Br)cn3)o2)C1. The van der Waals surface area contributed by atoms with Gasteiger partial charge in [0.1, 0.15) is 5.76 Å². The lowest BCUT2D eigenvalue weighted by atomic mass is 9.85. The lowest BCUT2D eigenvalue weighted by Gasteiger charge is -2.29. The number of furan rings is 1. The second-order valence-corrected chi connectivity index (χ2v) is 8.23. The van der Waals surface area contributed by atoms with Gasteiger partial charge in [0.2, 0.25) is 5.91 Å². The van der Waals surface area contributed by atoms with Crippen molar-refractivity contribution in [1.82, 2.24) is 20.4 Å². The molecule has 0 bridgehead atoms. The molecule has 2 atom stereocenters. The molecule has 1 saturated carbocycles. The average molecular weight is 437 g/mol. The number of rotatable bonds is 6. The second-order valence-electron chi connectivity index (χ2n) is 7.32. The molecule has 2 N–H and O–H groups in total. The Bertz CT molecular complexity index is 798. The number of nitrogens with one attached hydrogen (secondary N) is 2. The van der Waals surface area contributed by atoms with Gasteiger partial charge in [0.25, 0.3) is 5.91 Å². The van der Waals surface area contributed by atoms with E-state index in [1.807, 2.05) is 20.0 Å². The number of halogens is 1. The van der Waals surface area contributed by atoms with Gasteiger partial charge in [0.05, 0.1) is 17.2 Å². The van der Waals surface area contributed by atoms with Gasteiger partial charge in [-0.15, -0.1) is 0 Å². The molecule has 0 aromatic carbocycles. The Hall–Kier alpha value is -2.09. The highest BCUT2D eigenvalue weighted by Gasteiger charge is 2.29. The monoisotopic (exact) mass is 436 g/mol. The van der Waals surface area contributed by atoms with Crippen LogP contribution in [0.3, 0.4) is 0 Å². The summed E-state index contributed by atoms with van der Waals surface area (Å²) >= 11 is 3.35. The normalized spacial score (nSPS) is 19.9. The summed E-state index contributed by atoms with van der Waals surface area (Å²) in [6.45, 7) is 4.37. The van der Waals surface area contributed by atoms with Crippen LogP contribution in [-0.4, -0.2) is 33.7 Å².